The molecule has 2 aromatic heterocycles. The molecule has 0 spiro atoms. The number of carbonyl (C=O) groups excluding carboxylic acids is 1. The molecule has 0 radical (unpaired) electrons. The van der Waals surface area contributed by atoms with Gasteiger partial charge in [0.15, 0.2) is 0 Å². The molecule has 3 heterocycles. The van der Waals surface area contributed by atoms with Crippen LogP contribution in [0.15, 0.2) is 53.8 Å². The maximum Gasteiger partial charge on any atom is 0.230 e. The van der Waals surface area contributed by atoms with Crippen molar-refractivity contribution in [2.24, 2.45) is 0 Å². The maximum atomic E-state index is 12.1. The lowest BCUT2D eigenvalue weighted by Gasteiger charge is -2.36. The molecule has 1 aliphatic heterocycles. The van der Waals surface area contributed by atoms with Gasteiger partial charge in [-0.15, -0.1) is 0 Å². The molecular weight excluding hydrogens is 336 g/mol. The quantitative estimate of drug-likeness (QED) is 0.759. The van der Waals surface area contributed by atoms with E-state index >= 15 is 0 Å². The Kier molecular flexibility index (Phi) is 6.38. The van der Waals surface area contributed by atoms with Gasteiger partial charge in [-0.2, -0.15) is 0 Å². The lowest BCUT2D eigenvalue weighted by Crippen LogP contribution is -2.54. The van der Waals surface area contributed by atoms with Gasteiger partial charge in [0.1, 0.15) is 0 Å². The average Bonchev–Trinajstić information content (AvgIpc) is 2.64. The highest BCUT2D eigenvalue weighted by molar-refractivity contribution is 7.99. The van der Waals surface area contributed by atoms with Crippen LogP contribution in [0.1, 0.15) is 12.1 Å². The van der Waals surface area contributed by atoms with Crippen LogP contribution >= 0.6 is 11.8 Å². The number of hydrogen-bond acceptors (Lipinski definition) is 6. The van der Waals surface area contributed by atoms with Crippen molar-refractivity contribution < 1.29 is 9.90 Å². The van der Waals surface area contributed by atoms with Crippen molar-refractivity contribution in [3.8, 4) is 0 Å². The predicted molar refractivity (Wildman–Crippen MR) is 97.0 cm³/mol. The van der Waals surface area contributed by atoms with Crippen molar-refractivity contribution in [1.29, 1.82) is 0 Å². The Labute approximate surface area is 151 Å². The zero-order valence-electron chi connectivity index (χ0n) is 13.9. The number of hydrogen-bond donors (Lipinski definition) is 2. The van der Waals surface area contributed by atoms with Crippen LogP contribution in [-0.2, 0) is 11.3 Å². The number of piperidine rings is 1. The van der Waals surface area contributed by atoms with Gasteiger partial charge < -0.3 is 10.4 Å². The summed E-state index contributed by atoms with van der Waals surface area (Å²) < 4.78 is 0. The van der Waals surface area contributed by atoms with Crippen LogP contribution in [-0.4, -0.2) is 56.9 Å². The fraction of sp³-hybridized carbons (Fsp3) is 0.389. The van der Waals surface area contributed by atoms with Crippen LogP contribution < -0.4 is 5.32 Å². The average molecular weight is 358 g/mol. The molecule has 0 aromatic carbocycles. The lowest BCUT2D eigenvalue weighted by atomic mass is 10.0. The van der Waals surface area contributed by atoms with Gasteiger partial charge in [0.05, 0.1) is 28.6 Å². The first-order valence-electron chi connectivity index (χ1n) is 8.34. The Morgan fingerprint density at radius 1 is 1.24 bits per heavy atom. The molecular formula is C18H22N4O2S. The van der Waals surface area contributed by atoms with Crippen LogP contribution in [0.5, 0.6) is 0 Å². The smallest absolute Gasteiger partial charge is 0.230 e. The van der Waals surface area contributed by atoms with Crippen molar-refractivity contribution in [1.82, 2.24) is 20.2 Å². The first kappa shape index (κ1) is 17.8. The third-order valence-electron chi connectivity index (χ3n) is 4.11. The number of thioether (sulfide) groups is 1. The van der Waals surface area contributed by atoms with Crippen molar-refractivity contribution in [2.75, 3.05) is 18.8 Å². The summed E-state index contributed by atoms with van der Waals surface area (Å²) in [4.78, 5) is 22.8. The molecule has 1 fully saturated rings. The van der Waals surface area contributed by atoms with Gasteiger partial charge in [-0.05, 0) is 30.7 Å². The molecule has 1 amide bonds. The summed E-state index contributed by atoms with van der Waals surface area (Å²) in [6, 6.07) is 11.3. The molecule has 1 saturated heterocycles. The summed E-state index contributed by atoms with van der Waals surface area (Å²) in [7, 11) is 0. The standard InChI is InChI=1S/C18H22N4O2S/c23-16-12-22(11-14-5-1-3-8-19-14)10-7-15(16)21-17(24)13-25-18-6-2-4-9-20-18/h1-6,8-9,15-16,23H,7,10-13H2,(H,21,24)/t15-,16-/m1/s1. The minimum absolute atomic E-state index is 0.0714. The van der Waals surface area contributed by atoms with Crippen molar-refractivity contribution in [3.05, 3.63) is 54.5 Å². The molecule has 1 aliphatic rings. The largest absolute Gasteiger partial charge is 0.390 e. The predicted octanol–water partition coefficient (Wildman–Crippen LogP) is 1.32. The molecule has 132 valence electrons. The first-order valence-corrected chi connectivity index (χ1v) is 9.33. The molecule has 2 atom stereocenters. The Morgan fingerprint density at radius 3 is 2.72 bits per heavy atom. The number of β-amino-alcohol motifs (C(OH)–C–C–N with tert-alkyl or cyclic N) is 1. The molecule has 25 heavy (non-hydrogen) atoms. The Balaban J connectivity index is 1.43. The zero-order chi connectivity index (χ0) is 17.5. The van der Waals surface area contributed by atoms with Gasteiger partial charge >= 0.3 is 0 Å². The van der Waals surface area contributed by atoms with Crippen LogP contribution in [0.4, 0.5) is 0 Å². The zero-order valence-corrected chi connectivity index (χ0v) is 14.7. The van der Waals surface area contributed by atoms with Crippen LogP contribution in [0.2, 0.25) is 0 Å². The number of pyridine rings is 2. The molecule has 0 bridgehead atoms. The van der Waals surface area contributed by atoms with E-state index in [4.69, 9.17) is 0 Å². The van der Waals surface area contributed by atoms with E-state index in [1.54, 1.807) is 12.4 Å². The van der Waals surface area contributed by atoms with Crippen molar-refractivity contribution in [2.45, 2.75) is 30.1 Å². The number of aromatic nitrogens is 2. The van der Waals surface area contributed by atoms with Gasteiger partial charge in [0, 0.05) is 32.0 Å². The number of carbonyl (C=O) groups is 1. The van der Waals surface area contributed by atoms with E-state index in [0.29, 0.717) is 18.8 Å². The SMILES string of the molecule is O=C(CSc1ccccn1)N[C@@H]1CCN(Cc2ccccn2)C[C@H]1O. The van der Waals surface area contributed by atoms with Gasteiger partial charge in [-0.3, -0.25) is 14.7 Å². The summed E-state index contributed by atoms with van der Waals surface area (Å²) in [5, 5.41) is 14.1. The Bertz CT molecular complexity index is 671. The number of amides is 1. The second-order valence-electron chi connectivity index (χ2n) is 6.04. The Morgan fingerprint density at radius 2 is 2.04 bits per heavy atom. The molecule has 3 rings (SSSR count). The number of nitrogens with one attached hydrogen (secondary N) is 1. The van der Waals surface area contributed by atoms with Crippen LogP contribution in [0.3, 0.4) is 0 Å². The third-order valence-corrected chi connectivity index (χ3v) is 5.06. The summed E-state index contributed by atoms with van der Waals surface area (Å²) in [5.74, 6) is 0.232. The number of aliphatic hydroxyl groups is 1. The van der Waals surface area contributed by atoms with Gasteiger partial charge in [-0.1, -0.05) is 23.9 Å². The van der Waals surface area contributed by atoms with E-state index in [1.165, 1.54) is 11.8 Å². The third kappa shape index (κ3) is 5.52. The van der Waals surface area contributed by atoms with E-state index in [-0.39, 0.29) is 11.9 Å². The second kappa shape index (κ2) is 8.94. The second-order valence-corrected chi connectivity index (χ2v) is 7.04. The molecule has 2 N–H and O–H groups in total. The van der Waals surface area contributed by atoms with Crippen molar-refractivity contribution in [3.63, 3.8) is 0 Å². The van der Waals surface area contributed by atoms with Gasteiger partial charge in [0.25, 0.3) is 0 Å². The summed E-state index contributed by atoms with van der Waals surface area (Å²) >= 11 is 1.40. The number of nitrogens with zero attached hydrogens (tertiary/aromatic N) is 3. The number of rotatable bonds is 6. The summed E-state index contributed by atoms with van der Waals surface area (Å²) in [6.07, 6.45) is 3.65. The lowest BCUT2D eigenvalue weighted by molar-refractivity contribution is -0.120. The highest BCUT2D eigenvalue weighted by Crippen LogP contribution is 2.16. The number of likely N-dealkylation sites (tertiary alicyclic amines) is 1. The van der Waals surface area contributed by atoms with Crippen molar-refractivity contribution >= 4 is 17.7 Å². The molecule has 7 heteroatoms. The minimum atomic E-state index is -0.568. The molecule has 0 aliphatic carbocycles. The van der Waals surface area contributed by atoms with E-state index < -0.39 is 6.10 Å². The summed E-state index contributed by atoms with van der Waals surface area (Å²) in [6.45, 7) is 2.08. The highest BCUT2D eigenvalue weighted by atomic mass is 32.2. The number of aliphatic hydroxyl groups excluding tert-OH is 1. The first-order chi connectivity index (χ1) is 12.2. The van der Waals surface area contributed by atoms with E-state index in [2.05, 4.69) is 20.2 Å². The summed E-state index contributed by atoms with van der Waals surface area (Å²) in [5.41, 5.74) is 0.990. The van der Waals surface area contributed by atoms with Crippen LogP contribution in [0.25, 0.3) is 0 Å². The normalized spacial score (nSPS) is 21.0. The van der Waals surface area contributed by atoms with Gasteiger partial charge in [-0.25, -0.2) is 4.98 Å². The monoisotopic (exact) mass is 358 g/mol. The Hall–Kier alpha value is -1.96. The maximum absolute atomic E-state index is 12.1. The highest BCUT2D eigenvalue weighted by Gasteiger charge is 2.28. The van der Waals surface area contributed by atoms with E-state index in [9.17, 15) is 9.90 Å². The fourth-order valence-electron chi connectivity index (χ4n) is 2.85. The fourth-order valence-corrected chi connectivity index (χ4v) is 3.52. The minimum Gasteiger partial charge on any atom is -0.390 e. The van der Waals surface area contributed by atoms with E-state index in [0.717, 1.165) is 23.7 Å². The van der Waals surface area contributed by atoms with Crippen LogP contribution in [0, 0.1) is 0 Å². The van der Waals surface area contributed by atoms with E-state index in [1.807, 2.05) is 36.4 Å². The van der Waals surface area contributed by atoms with Gasteiger partial charge in [0.2, 0.25) is 5.91 Å². The topological polar surface area (TPSA) is 78.4 Å². The molecule has 6 nitrogen and oxygen atoms in total. The molecule has 0 unspecified atom stereocenters. The molecule has 0 saturated carbocycles. The molecule has 2 aromatic rings.